The second kappa shape index (κ2) is 9.77. The van der Waals surface area contributed by atoms with Gasteiger partial charge in [0.1, 0.15) is 5.52 Å². The number of carbonyl (C=O) groups excluding carboxylic acids is 1. The molecule has 3 aromatic rings. The molecule has 0 bridgehead atoms. The Morgan fingerprint density at radius 1 is 1.20 bits per heavy atom. The number of aromatic nitrogens is 4. The largest absolute Gasteiger partial charge is 0.351 e. The number of rotatable bonds is 5. The molecular formula is C25H33FN8O. The van der Waals surface area contributed by atoms with Gasteiger partial charge in [0.15, 0.2) is 5.82 Å². The minimum atomic E-state index is -0.355. The van der Waals surface area contributed by atoms with Gasteiger partial charge in [-0.3, -0.25) is 4.68 Å². The zero-order valence-corrected chi connectivity index (χ0v) is 20.5. The molecule has 3 N–H and O–H groups in total. The van der Waals surface area contributed by atoms with Crippen molar-refractivity contribution in [2.24, 2.45) is 7.05 Å². The van der Waals surface area contributed by atoms with Gasteiger partial charge < -0.3 is 20.9 Å². The number of aryl methyl sites for hydroxylation is 1. The predicted molar refractivity (Wildman–Crippen MR) is 134 cm³/mol. The predicted octanol–water partition coefficient (Wildman–Crippen LogP) is 3.24. The van der Waals surface area contributed by atoms with E-state index < -0.39 is 0 Å². The van der Waals surface area contributed by atoms with Gasteiger partial charge in [-0.15, -0.1) is 0 Å². The van der Waals surface area contributed by atoms with Crippen LogP contribution in [-0.4, -0.2) is 68.9 Å². The molecule has 2 amide bonds. The van der Waals surface area contributed by atoms with Crippen LogP contribution in [0.25, 0.3) is 22.2 Å². The molecule has 1 aliphatic heterocycles. The quantitative estimate of drug-likeness (QED) is 0.519. The molecule has 2 aliphatic rings. The number of fused-ring (bicyclic) bond motifs is 1. The molecular weight excluding hydrogens is 447 g/mol. The third-order valence-electron chi connectivity index (χ3n) is 6.93. The van der Waals surface area contributed by atoms with Gasteiger partial charge in [0.25, 0.3) is 0 Å². The second-order valence-electron chi connectivity index (χ2n) is 9.82. The van der Waals surface area contributed by atoms with E-state index in [1.54, 1.807) is 16.9 Å². The van der Waals surface area contributed by atoms with Crippen molar-refractivity contribution in [1.29, 1.82) is 0 Å². The summed E-state index contributed by atoms with van der Waals surface area (Å²) >= 11 is 0. The van der Waals surface area contributed by atoms with Crippen LogP contribution in [0.5, 0.6) is 0 Å². The Morgan fingerprint density at radius 3 is 2.74 bits per heavy atom. The lowest BCUT2D eigenvalue weighted by Crippen LogP contribution is -2.52. The van der Waals surface area contributed by atoms with Crippen molar-refractivity contribution in [2.75, 3.05) is 31.5 Å². The number of urea groups is 1. The summed E-state index contributed by atoms with van der Waals surface area (Å²) in [5, 5.41) is 15.0. The molecule has 5 rings (SSSR count). The lowest BCUT2D eigenvalue weighted by molar-refractivity contribution is 0.186. The number of hydrogen-bond donors (Lipinski definition) is 3. The van der Waals surface area contributed by atoms with E-state index in [9.17, 15) is 9.18 Å². The van der Waals surface area contributed by atoms with Gasteiger partial charge in [0.05, 0.1) is 5.69 Å². The fourth-order valence-electron chi connectivity index (χ4n) is 5.26. The van der Waals surface area contributed by atoms with Gasteiger partial charge >= 0.3 is 6.03 Å². The summed E-state index contributed by atoms with van der Waals surface area (Å²) in [4.78, 5) is 23.4. The average molecular weight is 481 g/mol. The maximum Gasteiger partial charge on any atom is 0.317 e. The van der Waals surface area contributed by atoms with Gasteiger partial charge in [-0.25, -0.2) is 19.2 Å². The van der Waals surface area contributed by atoms with E-state index in [0.717, 1.165) is 56.5 Å². The highest BCUT2D eigenvalue weighted by molar-refractivity contribution is 5.87. The van der Waals surface area contributed by atoms with Crippen LogP contribution in [0.4, 0.5) is 15.1 Å². The molecule has 1 saturated carbocycles. The number of hydrogen-bond acceptors (Lipinski definition) is 6. The van der Waals surface area contributed by atoms with Crippen LogP contribution in [0, 0.1) is 5.82 Å². The Bertz CT molecular complexity index is 1220. The van der Waals surface area contributed by atoms with E-state index in [0.29, 0.717) is 22.7 Å². The summed E-state index contributed by atoms with van der Waals surface area (Å²) in [5.41, 5.74) is 2.73. The second-order valence-corrected chi connectivity index (χ2v) is 9.82. The van der Waals surface area contributed by atoms with E-state index >= 15 is 0 Å². The summed E-state index contributed by atoms with van der Waals surface area (Å²) in [7, 11) is 1.85. The first-order valence-corrected chi connectivity index (χ1v) is 12.4. The number of amides is 2. The molecule has 0 radical (unpaired) electrons. The third-order valence-corrected chi connectivity index (χ3v) is 6.93. The highest BCUT2D eigenvalue weighted by Gasteiger charge is 2.28. The van der Waals surface area contributed by atoms with Crippen LogP contribution in [-0.2, 0) is 7.05 Å². The maximum atomic E-state index is 14.9. The lowest BCUT2D eigenvalue weighted by Gasteiger charge is -2.29. The van der Waals surface area contributed by atoms with E-state index in [-0.39, 0.29) is 29.8 Å². The summed E-state index contributed by atoms with van der Waals surface area (Å²) in [5.74, 6) is 0.369. The fraction of sp³-hybridized carbons (Fsp3) is 0.520. The first-order chi connectivity index (χ1) is 16.9. The van der Waals surface area contributed by atoms with Gasteiger partial charge in [0.2, 0.25) is 5.95 Å². The number of nitrogens with zero attached hydrogens (tertiary/aromatic N) is 5. The molecule has 2 aromatic heterocycles. The zero-order chi connectivity index (χ0) is 24.5. The van der Waals surface area contributed by atoms with Crippen LogP contribution < -0.4 is 16.0 Å². The number of piperazine rings is 1. The van der Waals surface area contributed by atoms with E-state index in [4.69, 9.17) is 0 Å². The molecule has 10 heteroatoms. The molecule has 1 aromatic carbocycles. The Balaban J connectivity index is 1.28. The van der Waals surface area contributed by atoms with Crippen molar-refractivity contribution in [3.8, 4) is 11.3 Å². The maximum absolute atomic E-state index is 14.9. The molecule has 2 atom stereocenters. The molecule has 0 unspecified atom stereocenters. The van der Waals surface area contributed by atoms with Crippen LogP contribution >= 0.6 is 0 Å². The van der Waals surface area contributed by atoms with Crippen molar-refractivity contribution >= 4 is 22.9 Å². The minimum Gasteiger partial charge on any atom is -0.351 e. The number of nitrogens with one attached hydrogen (secondary N) is 3. The number of halogens is 1. The van der Waals surface area contributed by atoms with Crippen LogP contribution in [0.3, 0.4) is 0 Å². The summed E-state index contributed by atoms with van der Waals surface area (Å²) in [6.45, 7) is 7.32. The molecule has 9 nitrogen and oxygen atoms in total. The summed E-state index contributed by atoms with van der Waals surface area (Å²) < 4.78 is 16.7. The highest BCUT2D eigenvalue weighted by atomic mass is 19.1. The van der Waals surface area contributed by atoms with E-state index in [1.165, 1.54) is 6.07 Å². The average Bonchev–Trinajstić information content (AvgIpc) is 3.43. The first kappa shape index (κ1) is 23.5. The molecule has 1 saturated heterocycles. The van der Waals surface area contributed by atoms with Crippen molar-refractivity contribution in [2.45, 2.75) is 51.1 Å². The Hall–Kier alpha value is -3.27. The molecule has 1 aliphatic carbocycles. The van der Waals surface area contributed by atoms with Crippen molar-refractivity contribution < 1.29 is 9.18 Å². The van der Waals surface area contributed by atoms with E-state index in [1.807, 2.05) is 18.0 Å². The molecule has 2 fully saturated rings. The van der Waals surface area contributed by atoms with Gasteiger partial charge in [-0.05, 0) is 43.4 Å². The Kier molecular flexibility index (Phi) is 6.55. The van der Waals surface area contributed by atoms with Crippen LogP contribution in [0.1, 0.15) is 44.7 Å². The Labute approximate surface area is 204 Å². The van der Waals surface area contributed by atoms with E-state index in [2.05, 4.69) is 44.9 Å². The zero-order valence-electron chi connectivity index (χ0n) is 20.5. The highest BCUT2D eigenvalue weighted by Crippen LogP contribution is 2.31. The lowest BCUT2D eigenvalue weighted by atomic mass is 10.0. The molecule has 35 heavy (non-hydrogen) atoms. The summed E-state index contributed by atoms with van der Waals surface area (Å²) in [6.07, 6.45) is 4.35. The number of carbonyl (C=O) groups is 1. The summed E-state index contributed by atoms with van der Waals surface area (Å²) in [6, 6.07) is 5.57. The van der Waals surface area contributed by atoms with Gasteiger partial charge in [-0.1, -0.05) is 13.8 Å². The monoisotopic (exact) mass is 480 g/mol. The van der Waals surface area contributed by atoms with Crippen molar-refractivity contribution in [3.63, 3.8) is 0 Å². The minimum absolute atomic E-state index is 0.0176. The Morgan fingerprint density at radius 2 is 1.97 bits per heavy atom. The normalized spacial score (nSPS) is 20.5. The topological polar surface area (TPSA) is 100 Å². The fourth-order valence-corrected chi connectivity index (χ4v) is 5.26. The molecule has 0 spiro atoms. The third kappa shape index (κ3) is 4.93. The molecule has 3 heterocycles. The number of anilines is 1. The SMILES string of the molecule is CC(C)c1c2cc(-c3ccnc(N[C@H]4CC[C@H](NC(=O)N5CCNCC5)C4)n3)cc(F)c2nn1C. The van der Waals surface area contributed by atoms with Crippen molar-refractivity contribution in [3.05, 3.63) is 35.9 Å². The van der Waals surface area contributed by atoms with Crippen molar-refractivity contribution in [1.82, 2.24) is 35.3 Å². The van der Waals surface area contributed by atoms with Crippen LogP contribution in [0.15, 0.2) is 24.4 Å². The van der Waals surface area contributed by atoms with Crippen LogP contribution in [0.2, 0.25) is 0 Å². The number of benzene rings is 1. The van der Waals surface area contributed by atoms with Gasteiger partial charge in [-0.2, -0.15) is 5.10 Å². The first-order valence-electron chi connectivity index (χ1n) is 12.4. The standard InChI is InChI=1S/C25H33FN8O/c1-15(2)23-19-12-16(13-20(26)22(19)32-33(23)3)21-6-7-28-24(31-21)29-17-4-5-18(14-17)30-25(35)34-10-8-27-9-11-34/h6-7,12-13,15,17-18,27H,4-5,8-11,14H2,1-3H3,(H,30,35)(H,28,29,31)/t17-,18-/m0/s1. The smallest absolute Gasteiger partial charge is 0.317 e. The van der Waals surface area contributed by atoms with Gasteiger partial charge in [0, 0.05) is 68.2 Å². The molecule has 186 valence electrons.